The quantitative estimate of drug-likeness (QED) is 0.770. The van der Waals surface area contributed by atoms with Crippen LogP contribution in [0.5, 0.6) is 0 Å². The third-order valence-electron chi connectivity index (χ3n) is 4.85. The lowest BCUT2D eigenvalue weighted by molar-refractivity contribution is 0.495. The summed E-state index contributed by atoms with van der Waals surface area (Å²) in [6.45, 7) is 2.45. The molecule has 0 saturated carbocycles. The molecule has 1 aliphatic heterocycles. The van der Waals surface area contributed by atoms with Gasteiger partial charge in [-0.15, -0.1) is 0 Å². The van der Waals surface area contributed by atoms with Crippen molar-refractivity contribution >= 4 is 28.6 Å². The Morgan fingerprint density at radius 3 is 2.77 bits per heavy atom. The second-order valence-electron chi connectivity index (χ2n) is 6.79. The van der Waals surface area contributed by atoms with Gasteiger partial charge in [-0.1, -0.05) is 23.7 Å². The number of rotatable bonds is 3. The Bertz CT molecular complexity index is 970. The number of imidazole rings is 1. The molecule has 1 saturated heterocycles. The maximum absolute atomic E-state index is 9.00. The zero-order chi connectivity index (χ0) is 18.1. The van der Waals surface area contributed by atoms with E-state index in [9.17, 15) is 0 Å². The molecule has 26 heavy (non-hydrogen) atoms. The summed E-state index contributed by atoms with van der Waals surface area (Å²) in [6.07, 6.45) is 2.13. The van der Waals surface area contributed by atoms with Crippen LogP contribution in [-0.2, 0) is 6.54 Å². The van der Waals surface area contributed by atoms with Gasteiger partial charge >= 0.3 is 0 Å². The van der Waals surface area contributed by atoms with Crippen molar-refractivity contribution in [2.45, 2.75) is 25.4 Å². The smallest absolute Gasteiger partial charge is 0.206 e. The molecule has 0 amide bonds. The van der Waals surface area contributed by atoms with Gasteiger partial charge in [-0.3, -0.25) is 0 Å². The summed E-state index contributed by atoms with van der Waals surface area (Å²) < 4.78 is 2.21. The monoisotopic (exact) mass is 365 g/mol. The Labute approximate surface area is 157 Å². The van der Waals surface area contributed by atoms with Crippen LogP contribution in [0.2, 0.25) is 5.02 Å². The molecular formula is C20H20ClN5. The van der Waals surface area contributed by atoms with Crippen molar-refractivity contribution in [2.24, 2.45) is 5.73 Å². The van der Waals surface area contributed by atoms with Crippen LogP contribution in [-0.4, -0.2) is 28.7 Å². The number of nitrogens with two attached hydrogens (primary N) is 1. The number of halogens is 1. The molecule has 1 atom stereocenters. The van der Waals surface area contributed by atoms with E-state index in [1.165, 1.54) is 0 Å². The van der Waals surface area contributed by atoms with Crippen molar-refractivity contribution < 1.29 is 0 Å². The second-order valence-corrected chi connectivity index (χ2v) is 7.22. The summed E-state index contributed by atoms with van der Waals surface area (Å²) in [4.78, 5) is 7.13. The largest absolute Gasteiger partial charge is 0.341 e. The molecule has 4 rings (SSSR count). The number of hydrogen-bond acceptors (Lipinski definition) is 4. The van der Waals surface area contributed by atoms with Crippen LogP contribution in [0.1, 0.15) is 24.0 Å². The number of benzene rings is 2. The molecule has 0 radical (unpaired) electrons. The minimum Gasteiger partial charge on any atom is -0.341 e. The standard InChI is InChI=1S/C20H20ClN5/c21-16-7-8-19-18(10-16)24-20(25-9-1-2-17(23)13-25)26(19)12-15-5-3-14(11-22)4-6-15/h3-8,10,17H,1-2,9,12-13,23H2/t17-/m0/s1. The maximum atomic E-state index is 9.00. The van der Waals surface area contributed by atoms with E-state index in [2.05, 4.69) is 15.5 Å². The normalized spacial score (nSPS) is 17.4. The van der Waals surface area contributed by atoms with Crippen molar-refractivity contribution in [1.29, 1.82) is 5.26 Å². The first-order valence-electron chi connectivity index (χ1n) is 8.79. The lowest BCUT2D eigenvalue weighted by atomic mass is 10.1. The van der Waals surface area contributed by atoms with Crippen molar-refractivity contribution in [1.82, 2.24) is 9.55 Å². The third kappa shape index (κ3) is 3.26. The van der Waals surface area contributed by atoms with Crippen LogP contribution < -0.4 is 10.6 Å². The van der Waals surface area contributed by atoms with E-state index >= 15 is 0 Å². The Hall–Kier alpha value is -2.55. The van der Waals surface area contributed by atoms with Crippen molar-refractivity contribution in [3.63, 3.8) is 0 Å². The van der Waals surface area contributed by atoms with Gasteiger partial charge in [-0.25, -0.2) is 4.98 Å². The average molecular weight is 366 g/mol. The summed E-state index contributed by atoms with van der Waals surface area (Å²) in [7, 11) is 0. The average Bonchev–Trinajstić information content (AvgIpc) is 3.00. The van der Waals surface area contributed by atoms with Crippen LogP contribution in [0.25, 0.3) is 11.0 Å². The zero-order valence-corrected chi connectivity index (χ0v) is 15.2. The number of fused-ring (bicyclic) bond motifs is 1. The number of hydrogen-bond donors (Lipinski definition) is 1. The zero-order valence-electron chi connectivity index (χ0n) is 14.4. The highest BCUT2D eigenvalue weighted by atomic mass is 35.5. The van der Waals surface area contributed by atoms with Crippen molar-refractivity contribution in [2.75, 3.05) is 18.0 Å². The molecule has 1 aliphatic rings. The first kappa shape index (κ1) is 16.9. The lowest BCUT2D eigenvalue weighted by Crippen LogP contribution is -2.44. The van der Waals surface area contributed by atoms with Crippen molar-refractivity contribution in [3.05, 3.63) is 58.6 Å². The van der Waals surface area contributed by atoms with Crippen LogP contribution in [0.3, 0.4) is 0 Å². The van der Waals surface area contributed by atoms with Gasteiger partial charge in [0.25, 0.3) is 0 Å². The Morgan fingerprint density at radius 2 is 2.04 bits per heavy atom. The number of anilines is 1. The highest BCUT2D eigenvalue weighted by Crippen LogP contribution is 2.28. The molecular weight excluding hydrogens is 346 g/mol. The molecule has 0 aliphatic carbocycles. The van der Waals surface area contributed by atoms with Crippen LogP contribution in [0, 0.1) is 11.3 Å². The van der Waals surface area contributed by atoms with Gasteiger partial charge in [0.05, 0.1) is 29.2 Å². The van der Waals surface area contributed by atoms with Gasteiger partial charge in [0, 0.05) is 24.2 Å². The van der Waals surface area contributed by atoms with Gasteiger partial charge in [0.1, 0.15) is 0 Å². The Balaban J connectivity index is 1.77. The first-order chi connectivity index (χ1) is 12.6. The molecule has 2 N–H and O–H groups in total. The summed E-state index contributed by atoms with van der Waals surface area (Å²) in [5.41, 5.74) is 9.91. The van der Waals surface area contributed by atoms with Crippen LogP contribution in [0.15, 0.2) is 42.5 Å². The van der Waals surface area contributed by atoms with Gasteiger partial charge in [-0.05, 0) is 48.7 Å². The van der Waals surface area contributed by atoms with Crippen LogP contribution >= 0.6 is 11.6 Å². The van der Waals surface area contributed by atoms with E-state index in [-0.39, 0.29) is 6.04 Å². The molecule has 0 unspecified atom stereocenters. The SMILES string of the molecule is N#Cc1ccc(Cn2c(N3CCC[C@H](N)C3)nc3cc(Cl)ccc32)cc1. The fraction of sp³-hybridized carbons (Fsp3) is 0.300. The number of piperidine rings is 1. The predicted molar refractivity (Wildman–Crippen MR) is 104 cm³/mol. The maximum Gasteiger partial charge on any atom is 0.206 e. The van der Waals surface area contributed by atoms with E-state index in [4.69, 9.17) is 27.6 Å². The van der Waals surface area contributed by atoms with Gasteiger partial charge < -0.3 is 15.2 Å². The third-order valence-corrected chi connectivity index (χ3v) is 5.09. The van der Waals surface area contributed by atoms with Gasteiger partial charge in [0.15, 0.2) is 0 Å². The summed E-state index contributed by atoms with van der Waals surface area (Å²) >= 11 is 6.17. The molecule has 1 fully saturated rings. The summed E-state index contributed by atoms with van der Waals surface area (Å²) in [5, 5.41) is 9.68. The molecule has 3 aromatic rings. The molecule has 0 bridgehead atoms. The second kappa shape index (κ2) is 6.99. The first-order valence-corrected chi connectivity index (χ1v) is 9.17. The lowest BCUT2D eigenvalue weighted by Gasteiger charge is -2.32. The molecule has 2 heterocycles. The molecule has 6 heteroatoms. The highest BCUT2D eigenvalue weighted by Gasteiger charge is 2.22. The van der Waals surface area contributed by atoms with Crippen molar-refractivity contribution in [3.8, 4) is 6.07 Å². The predicted octanol–water partition coefficient (Wildman–Crippen LogP) is 3.54. The van der Waals surface area contributed by atoms with E-state index in [0.29, 0.717) is 17.1 Å². The van der Waals surface area contributed by atoms with Gasteiger partial charge in [0.2, 0.25) is 5.95 Å². The molecule has 132 valence electrons. The van der Waals surface area contributed by atoms with E-state index < -0.39 is 0 Å². The summed E-state index contributed by atoms with van der Waals surface area (Å²) in [6, 6.07) is 15.8. The molecule has 0 spiro atoms. The topological polar surface area (TPSA) is 70.9 Å². The number of nitriles is 1. The van der Waals surface area contributed by atoms with Gasteiger partial charge in [-0.2, -0.15) is 5.26 Å². The molecule has 5 nitrogen and oxygen atoms in total. The van der Waals surface area contributed by atoms with E-state index in [1.54, 1.807) is 0 Å². The molecule has 2 aromatic carbocycles. The van der Waals surface area contributed by atoms with Crippen LogP contribution in [0.4, 0.5) is 5.95 Å². The summed E-state index contributed by atoms with van der Waals surface area (Å²) in [5.74, 6) is 0.932. The number of nitrogens with zero attached hydrogens (tertiary/aromatic N) is 4. The van der Waals surface area contributed by atoms with E-state index in [1.807, 2.05) is 42.5 Å². The Morgan fingerprint density at radius 1 is 1.23 bits per heavy atom. The minimum absolute atomic E-state index is 0.176. The minimum atomic E-state index is 0.176. The van der Waals surface area contributed by atoms with E-state index in [0.717, 1.165) is 48.5 Å². The highest BCUT2D eigenvalue weighted by molar-refractivity contribution is 6.31. The fourth-order valence-electron chi connectivity index (χ4n) is 3.55. The molecule has 1 aromatic heterocycles. The fourth-order valence-corrected chi connectivity index (χ4v) is 3.71. The number of aromatic nitrogens is 2. The Kier molecular flexibility index (Phi) is 4.54.